The Morgan fingerprint density at radius 1 is 1.67 bits per heavy atom. The number of carbonyl (C=O) groups excluding carboxylic acids is 1. The van der Waals surface area contributed by atoms with E-state index in [2.05, 4.69) is 5.32 Å². The van der Waals surface area contributed by atoms with Gasteiger partial charge in [0.05, 0.1) is 11.3 Å². The van der Waals surface area contributed by atoms with Crippen LogP contribution in [0, 0.1) is 11.3 Å². The van der Waals surface area contributed by atoms with Crippen molar-refractivity contribution in [3.8, 4) is 0 Å². The SMILES string of the molecule is O=C1NCC2(C(=O)O)CCCC12. The van der Waals surface area contributed by atoms with E-state index in [-0.39, 0.29) is 11.8 Å². The Balaban J connectivity index is 2.35. The van der Waals surface area contributed by atoms with E-state index in [1.165, 1.54) is 0 Å². The number of aliphatic carboxylic acids is 1. The maximum absolute atomic E-state index is 11.2. The summed E-state index contributed by atoms with van der Waals surface area (Å²) in [5.74, 6) is -1.16. The Labute approximate surface area is 69.9 Å². The maximum Gasteiger partial charge on any atom is 0.312 e. The summed E-state index contributed by atoms with van der Waals surface area (Å²) in [7, 11) is 0. The molecule has 0 bridgehead atoms. The molecule has 1 aliphatic heterocycles. The summed E-state index contributed by atoms with van der Waals surface area (Å²) in [6, 6.07) is 0. The van der Waals surface area contributed by atoms with Gasteiger partial charge in [-0.3, -0.25) is 9.59 Å². The number of amides is 1. The first-order valence-electron chi connectivity index (χ1n) is 4.18. The first kappa shape index (κ1) is 7.58. The lowest BCUT2D eigenvalue weighted by Gasteiger charge is -2.20. The molecular weight excluding hydrogens is 158 g/mol. The maximum atomic E-state index is 11.2. The second kappa shape index (κ2) is 2.21. The third-order valence-corrected chi connectivity index (χ3v) is 3.10. The Bertz CT molecular complexity index is 251. The standard InChI is InChI=1S/C8H11NO3/c10-6-5-2-1-3-8(5,4-9-6)7(11)12/h5H,1-4H2,(H,9,10)(H,11,12). The molecule has 4 nitrogen and oxygen atoms in total. The van der Waals surface area contributed by atoms with Crippen molar-refractivity contribution in [2.45, 2.75) is 19.3 Å². The molecule has 1 heterocycles. The van der Waals surface area contributed by atoms with Crippen LogP contribution in [0.4, 0.5) is 0 Å². The summed E-state index contributed by atoms with van der Waals surface area (Å²) in [6.45, 7) is 0.325. The predicted octanol–water partition coefficient (Wildman–Crippen LogP) is -0.0127. The number of nitrogens with one attached hydrogen (secondary N) is 1. The van der Waals surface area contributed by atoms with Crippen LogP contribution in [-0.2, 0) is 9.59 Å². The van der Waals surface area contributed by atoms with E-state index < -0.39 is 11.4 Å². The largest absolute Gasteiger partial charge is 0.481 e. The van der Waals surface area contributed by atoms with Crippen LogP contribution in [0.25, 0.3) is 0 Å². The van der Waals surface area contributed by atoms with E-state index in [9.17, 15) is 9.59 Å². The molecular formula is C8H11NO3. The molecule has 2 unspecified atom stereocenters. The molecule has 2 rings (SSSR count). The Kier molecular flexibility index (Phi) is 1.40. The summed E-state index contributed by atoms with van der Waals surface area (Å²) in [5.41, 5.74) is -0.767. The van der Waals surface area contributed by atoms with Gasteiger partial charge in [-0.25, -0.2) is 0 Å². The molecule has 0 aromatic carbocycles. The molecule has 2 fully saturated rings. The molecule has 0 aromatic heterocycles. The lowest BCUT2D eigenvalue weighted by atomic mass is 9.81. The van der Waals surface area contributed by atoms with Gasteiger partial charge in [0.1, 0.15) is 0 Å². The highest BCUT2D eigenvalue weighted by Gasteiger charge is 2.56. The monoisotopic (exact) mass is 169 g/mol. The van der Waals surface area contributed by atoms with Gasteiger partial charge >= 0.3 is 5.97 Å². The summed E-state index contributed by atoms with van der Waals surface area (Å²) < 4.78 is 0. The third-order valence-electron chi connectivity index (χ3n) is 3.10. The molecule has 1 saturated heterocycles. The highest BCUT2D eigenvalue weighted by molar-refractivity contribution is 5.91. The minimum Gasteiger partial charge on any atom is -0.481 e. The fraction of sp³-hybridized carbons (Fsp3) is 0.750. The van der Waals surface area contributed by atoms with Gasteiger partial charge in [0, 0.05) is 6.54 Å². The highest BCUT2D eigenvalue weighted by Crippen LogP contribution is 2.46. The first-order valence-corrected chi connectivity index (χ1v) is 4.18. The summed E-state index contributed by atoms with van der Waals surface area (Å²) >= 11 is 0. The molecule has 2 N–H and O–H groups in total. The van der Waals surface area contributed by atoms with Crippen molar-refractivity contribution >= 4 is 11.9 Å². The minimum absolute atomic E-state index is 0.0742. The second-order valence-electron chi connectivity index (χ2n) is 3.62. The van der Waals surface area contributed by atoms with Gasteiger partial charge in [-0.2, -0.15) is 0 Å². The summed E-state index contributed by atoms with van der Waals surface area (Å²) in [5, 5.41) is 11.6. The molecule has 2 aliphatic rings. The van der Waals surface area contributed by atoms with Gasteiger partial charge in [-0.15, -0.1) is 0 Å². The van der Waals surface area contributed by atoms with Gasteiger partial charge in [0.15, 0.2) is 0 Å². The molecule has 4 heteroatoms. The minimum atomic E-state index is -0.816. The Morgan fingerprint density at radius 3 is 3.00 bits per heavy atom. The number of hydrogen-bond donors (Lipinski definition) is 2. The normalized spacial score (nSPS) is 39.3. The van der Waals surface area contributed by atoms with Gasteiger partial charge in [0.25, 0.3) is 0 Å². The predicted molar refractivity (Wildman–Crippen MR) is 40.4 cm³/mol. The van der Waals surface area contributed by atoms with Crippen LogP contribution in [0.2, 0.25) is 0 Å². The van der Waals surface area contributed by atoms with E-state index in [0.29, 0.717) is 13.0 Å². The third kappa shape index (κ3) is 0.722. The van der Waals surface area contributed by atoms with Crippen molar-refractivity contribution < 1.29 is 14.7 Å². The van der Waals surface area contributed by atoms with Crippen molar-refractivity contribution in [2.75, 3.05) is 6.54 Å². The van der Waals surface area contributed by atoms with Crippen LogP contribution >= 0.6 is 0 Å². The molecule has 66 valence electrons. The van der Waals surface area contributed by atoms with Crippen molar-refractivity contribution in [2.24, 2.45) is 11.3 Å². The van der Waals surface area contributed by atoms with Crippen LogP contribution in [0.15, 0.2) is 0 Å². The van der Waals surface area contributed by atoms with Crippen LogP contribution in [0.3, 0.4) is 0 Å². The number of carboxylic acid groups (broad SMARTS) is 1. The second-order valence-corrected chi connectivity index (χ2v) is 3.62. The number of carbonyl (C=O) groups is 2. The van der Waals surface area contributed by atoms with Gasteiger partial charge in [-0.1, -0.05) is 6.42 Å². The summed E-state index contributed by atoms with van der Waals surface area (Å²) in [6.07, 6.45) is 2.24. The van der Waals surface area contributed by atoms with E-state index in [1.807, 2.05) is 0 Å². The molecule has 2 atom stereocenters. The van der Waals surface area contributed by atoms with Crippen LogP contribution < -0.4 is 5.32 Å². The van der Waals surface area contributed by atoms with Gasteiger partial charge in [-0.05, 0) is 12.8 Å². The van der Waals surface area contributed by atoms with E-state index >= 15 is 0 Å². The number of fused-ring (bicyclic) bond motifs is 1. The van der Waals surface area contributed by atoms with E-state index in [1.54, 1.807) is 0 Å². The van der Waals surface area contributed by atoms with Gasteiger partial charge in [0.2, 0.25) is 5.91 Å². The van der Waals surface area contributed by atoms with Crippen molar-refractivity contribution in [3.63, 3.8) is 0 Å². The zero-order valence-corrected chi connectivity index (χ0v) is 6.67. The quantitative estimate of drug-likeness (QED) is 0.580. The Morgan fingerprint density at radius 2 is 2.42 bits per heavy atom. The number of carboxylic acids is 1. The van der Waals surface area contributed by atoms with Crippen molar-refractivity contribution in [1.29, 1.82) is 0 Å². The van der Waals surface area contributed by atoms with E-state index in [4.69, 9.17) is 5.11 Å². The molecule has 12 heavy (non-hydrogen) atoms. The van der Waals surface area contributed by atoms with E-state index in [0.717, 1.165) is 12.8 Å². The fourth-order valence-corrected chi connectivity index (χ4v) is 2.37. The molecule has 0 aromatic rings. The fourth-order valence-electron chi connectivity index (χ4n) is 2.37. The smallest absolute Gasteiger partial charge is 0.312 e. The molecule has 0 radical (unpaired) electrons. The highest BCUT2D eigenvalue weighted by atomic mass is 16.4. The van der Waals surface area contributed by atoms with Gasteiger partial charge < -0.3 is 10.4 Å². The molecule has 1 amide bonds. The zero-order valence-electron chi connectivity index (χ0n) is 6.67. The first-order chi connectivity index (χ1) is 5.67. The average molecular weight is 169 g/mol. The lowest BCUT2D eigenvalue weighted by molar-refractivity contribution is -0.150. The molecule has 1 aliphatic carbocycles. The lowest BCUT2D eigenvalue weighted by Crippen LogP contribution is -2.35. The van der Waals surface area contributed by atoms with Crippen LogP contribution in [0.5, 0.6) is 0 Å². The number of rotatable bonds is 1. The Hall–Kier alpha value is -1.06. The van der Waals surface area contributed by atoms with Crippen LogP contribution in [-0.4, -0.2) is 23.5 Å². The zero-order chi connectivity index (χ0) is 8.77. The topological polar surface area (TPSA) is 66.4 Å². The van der Waals surface area contributed by atoms with Crippen molar-refractivity contribution in [1.82, 2.24) is 5.32 Å². The molecule has 0 spiro atoms. The average Bonchev–Trinajstić information content (AvgIpc) is 2.53. The van der Waals surface area contributed by atoms with Crippen molar-refractivity contribution in [3.05, 3.63) is 0 Å². The molecule has 1 saturated carbocycles. The summed E-state index contributed by atoms with van der Waals surface area (Å²) in [4.78, 5) is 22.1. The number of hydrogen-bond acceptors (Lipinski definition) is 2. The van der Waals surface area contributed by atoms with Crippen LogP contribution in [0.1, 0.15) is 19.3 Å².